The number of fused-ring (bicyclic) bond motifs is 3. The van der Waals surface area contributed by atoms with Gasteiger partial charge in [0.25, 0.3) is 5.91 Å². The molecule has 2 aromatic carbocycles. The molecule has 0 aliphatic carbocycles. The number of carbonyl (C=O) groups excluding carboxylic acids is 1. The number of para-hydroxylation sites is 1. The smallest absolute Gasteiger partial charge is 0.259 e. The average molecular weight is 378 g/mol. The number of benzene rings is 2. The lowest BCUT2D eigenvalue weighted by atomic mass is 9.77. The van der Waals surface area contributed by atoms with Gasteiger partial charge in [-0.2, -0.15) is 0 Å². The number of aliphatic imine (C=N–C) groups is 1. The van der Waals surface area contributed by atoms with Crippen molar-refractivity contribution in [2.24, 2.45) is 4.99 Å². The quantitative estimate of drug-likeness (QED) is 0.743. The van der Waals surface area contributed by atoms with E-state index in [9.17, 15) is 4.79 Å². The van der Waals surface area contributed by atoms with Crippen molar-refractivity contribution in [2.45, 2.75) is 31.7 Å². The van der Waals surface area contributed by atoms with E-state index in [1.54, 1.807) is 4.90 Å². The number of hydrogen-bond acceptors (Lipinski definition) is 2. The number of anilines is 1. The Kier molecular flexibility index (Phi) is 4.56. The molecule has 2 aromatic rings. The standard InChI is InChI=1S/C22H23N3OS/c1-3-4-14-25-21(27)23-19-17-12-8-9-13-18(17)24(2)20(26)22(19,25)15-16-10-6-5-7-11-16/h5-13H,3-4,14-15H2,1-2H3. The van der Waals surface area contributed by atoms with E-state index in [2.05, 4.69) is 24.0 Å². The topological polar surface area (TPSA) is 35.9 Å². The fourth-order valence-corrected chi connectivity index (χ4v) is 4.48. The van der Waals surface area contributed by atoms with Crippen molar-refractivity contribution in [3.8, 4) is 0 Å². The van der Waals surface area contributed by atoms with E-state index >= 15 is 0 Å². The molecular formula is C22H23N3OS. The fraction of sp³-hybridized carbons (Fsp3) is 0.318. The Balaban J connectivity index is 1.91. The van der Waals surface area contributed by atoms with E-state index in [1.807, 2.05) is 49.5 Å². The van der Waals surface area contributed by atoms with Crippen LogP contribution in [0.15, 0.2) is 59.6 Å². The third kappa shape index (κ3) is 2.69. The summed E-state index contributed by atoms with van der Waals surface area (Å²) in [5, 5.41) is 0.521. The van der Waals surface area contributed by atoms with Gasteiger partial charge in [-0.3, -0.25) is 4.79 Å². The highest BCUT2D eigenvalue weighted by atomic mass is 32.1. The molecule has 2 aliphatic heterocycles. The lowest BCUT2D eigenvalue weighted by Gasteiger charge is -2.45. The number of likely N-dealkylation sites (N-methyl/N-ethyl adjacent to an activating group) is 1. The summed E-state index contributed by atoms with van der Waals surface area (Å²) in [6.45, 7) is 2.88. The van der Waals surface area contributed by atoms with E-state index in [0.717, 1.165) is 41.9 Å². The van der Waals surface area contributed by atoms with Crippen LogP contribution in [0.3, 0.4) is 0 Å². The molecule has 0 N–H and O–H groups in total. The third-order valence-corrected chi connectivity index (χ3v) is 5.82. The summed E-state index contributed by atoms with van der Waals surface area (Å²) in [6, 6.07) is 18.1. The first-order chi connectivity index (χ1) is 13.1. The van der Waals surface area contributed by atoms with Crippen LogP contribution in [0.5, 0.6) is 0 Å². The molecule has 1 amide bonds. The number of amides is 1. The maximum Gasteiger partial charge on any atom is 0.259 e. The summed E-state index contributed by atoms with van der Waals surface area (Å²) < 4.78 is 0. The minimum atomic E-state index is -0.864. The monoisotopic (exact) mass is 377 g/mol. The Morgan fingerprint density at radius 1 is 1.07 bits per heavy atom. The average Bonchev–Trinajstić information content (AvgIpc) is 2.98. The molecule has 0 saturated heterocycles. The van der Waals surface area contributed by atoms with E-state index in [4.69, 9.17) is 17.2 Å². The Labute approximate surface area is 165 Å². The van der Waals surface area contributed by atoms with Gasteiger partial charge in [-0.25, -0.2) is 4.99 Å². The lowest BCUT2D eigenvalue weighted by Crippen LogP contribution is -2.65. The summed E-state index contributed by atoms with van der Waals surface area (Å²) in [6.07, 6.45) is 2.57. The molecule has 5 heteroatoms. The maximum absolute atomic E-state index is 13.8. The van der Waals surface area contributed by atoms with Gasteiger partial charge in [-0.05, 0) is 30.3 Å². The Bertz CT molecular complexity index is 924. The molecule has 138 valence electrons. The number of hydrogen-bond donors (Lipinski definition) is 0. The fourth-order valence-electron chi connectivity index (χ4n) is 4.14. The highest BCUT2D eigenvalue weighted by Crippen LogP contribution is 2.41. The largest absolute Gasteiger partial charge is 0.327 e. The SMILES string of the molecule is CCCCN1C(=S)N=C2c3ccccc3N(C)C(=O)C21Cc1ccccc1. The van der Waals surface area contributed by atoms with E-state index in [1.165, 1.54) is 0 Å². The van der Waals surface area contributed by atoms with Gasteiger partial charge in [0.05, 0.1) is 11.4 Å². The molecule has 0 fully saturated rings. The van der Waals surface area contributed by atoms with Crippen LogP contribution >= 0.6 is 12.2 Å². The summed E-state index contributed by atoms with van der Waals surface area (Å²) in [5.74, 6) is 0.0414. The van der Waals surface area contributed by atoms with Crippen LogP contribution in [0.2, 0.25) is 0 Å². The number of unbranched alkanes of at least 4 members (excludes halogenated alkanes) is 1. The highest BCUT2D eigenvalue weighted by molar-refractivity contribution is 7.80. The van der Waals surface area contributed by atoms with Crippen LogP contribution in [0.4, 0.5) is 5.69 Å². The Hall–Kier alpha value is -2.53. The molecule has 0 radical (unpaired) electrons. The first-order valence-electron chi connectivity index (χ1n) is 9.42. The Morgan fingerprint density at radius 2 is 1.78 bits per heavy atom. The van der Waals surface area contributed by atoms with Crippen LogP contribution < -0.4 is 4.90 Å². The zero-order valence-corrected chi connectivity index (χ0v) is 16.5. The van der Waals surface area contributed by atoms with Crippen molar-refractivity contribution in [1.29, 1.82) is 0 Å². The van der Waals surface area contributed by atoms with Gasteiger partial charge in [0, 0.05) is 25.6 Å². The minimum absolute atomic E-state index is 0.0414. The van der Waals surface area contributed by atoms with Crippen molar-refractivity contribution < 1.29 is 4.79 Å². The van der Waals surface area contributed by atoms with Crippen molar-refractivity contribution in [3.05, 3.63) is 65.7 Å². The molecule has 2 heterocycles. The van der Waals surface area contributed by atoms with Crippen LogP contribution in [0.1, 0.15) is 30.9 Å². The second-order valence-electron chi connectivity index (χ2n) is 7.15. The molecule has 0 bridgehead atoms. The molecule has 1 atom stereocenters. The van der Waals surface area contributed by atoms with E-state index in [-0.39, 0.29) is 5.91 Å². The molecule has 27 heavy (non-hydrogen) atoms. The van der Waals surface area contributed by atoms with Crippen molar-refractivity contribution in [1.82, 2.24) is 4.90 Å². The minimum Gasteiger partial charge on any atom is -0.327 e. The summed E-state index contributed by atoms with van der Waals surface area (Å²) >= 11 is 5.64. The molecule has 0 aromatic heterocycles. The van der Waals surface area contributed by atoms with Gasteiger partial charge in [-0.1, -0.05) is 61.9 Å². The highest BCUT2D eigenvalue weighted by Gasteiger charge is 2.57. The predicted octanol–water partition coefficient (Wildman–Crippen LogP) is 3.83. The normalized spacial score (nSPS) is 21.2. The van der Waals surface area contributed by atoms with Crippen molar-refractivity contribution in [2.75, 3.05) is 18.5 Å². The van der Waals surface area contributed by atoms with Gasteiger partial charge in [0.1, 0.15) is 0 Å². The van der Waals surface area contributed by atoms with Crippen molar-refractivity contribution >= 4 is 34.6 Å². The number of carbonyl (C=O) groups is 1. The van der Waals surface area contributed by atoms with Crippen LogP contribution in [0, 0.1) is 0 Å². The van der Waals surface area contributed by atoms with Crippen LogP contribution in [-0.2, 0) is 11.2 Å². The van der Waals surface area contributed by atoms with Gasteiger partial charge in [0.2, 0.25) is 0 Å². The maximum atomic E-state index is 13.8. The van der Waals surface area contributed by atoms with Crippen LogP contribution in [-0.4, -0.2) is 40.8 Å². The molecule has 4 nitrogen and oxygen atoms in total. The number of thiocarbonyl (C=S) groups is 1. The van der Waals surface area contributed by atoms with Gasteiger partial charge < -0.3 is 9.80 Å². The molecule has 2 aliphatic rings. The van der Waals surface area contributed by atoms with Gasteiger partial charge in [-0.15, -0.1) is 0 Å². The zero-order chi connectivity index (χ0) is 19.0. The third-order valence-electron chi connectivity index (χ3n) is 5.51. The second kappa shape index (κ2) is 6.89. The molecule has 0 saturated carbocycles. The van der Waals surface area contributed by atoms with Crippen molar-refractivity contribution in [3.63, 3.8) is 0 Å². The summed E-state index contributed by atoms with van der Waals surface area (Å²) in [5.41, 5.74) is 2.93. The lowest BCUT2D eigenvalue weighted by molar-refractivity contribution is -0.124. The number of nitrogens with zero attached hydrogens (tertiary/aromatic N) is 3. The van der Waals surface area contributed by atoms with E-state index < -0.39 is 5.54 Å². The molecule has 0 spiro atoms. The summed E-state index contributed by atoms with van der Waals surface area (Å²) in [7, 11) is 1.85. The molecular weight excluding hydrogens is 354 g/mol. The van der Waals surface area contributed by atoms with Crippen LogP contribution in [0.25, 0.3) is 0 Å². The molecule has 1 unspecified atom stereocenters. The van der Waals surface area contributed by atoms with E-state index in [0.29, 0.717) is 11.5 Å². The zero-order valence-electron chi connectivity index (χ0n) is 15.7. The Morgan fingerprint density at radius 3 is 2.52 bits per heavy atom. The first kappa shape index (κ1) is 17.9. The molecule has 4 rings (SSSR count). The predicted molar refractivity (Wildman–Crippen MR) is 113 cm³/mol. The first-order valence-corrected chi connectivity index (χ1v) is 9.82. The second-order valence-corrected chi connectivity index (χ2v) is 7.52. The number of rotatable bonds is 5. The van der Waals surface area contributed by atoms with Gasteiger partial charge >= 0.3 is 0 Å². The summed E-state index contributed by atoms with van der Waals surface area (Å²) in [4.78, 5) is 22.4. The van der Waals surface area contributed by atoms with Gasteiger partial charge in [0.15, 0.2) is 10.7 Å².